The van der Waals surface area contributed by atoms with Crippen LogP contribution in [0.15, 0.2) is 67.0 Å². The van der Waals surface area contributed by atoms with Crippen LogP contribution in [-0.4, -0.2) is 35.5 Å². The van der Waals surface area contributed by atoms with E-state index in [1.54, 1.807) is 9.20 Å². The molecule has 2 aromatic carbocycles. The average molecular weight is 466 g/mol. The molecule has 0 aliphatic carbocycles. The van der Waals surface area contributed by atoms with Crippen molar-refractivity contribution in [3.8, 4) is 11.6 Å². The Bertz CT molecular complexity index is 1530. The summed E-state index contributed by atoms with van der Waals surface area (Å²) in [6.07, 6.45) is 1.88. The van der Waals surface area contributed by atoms with Crippen molar-refractivity contribution >= 4 is 17.4 Å². The van der Waals surface area contributed by atoms with Crippen LogP contribution < -0.4 is 10.1 Å². The summed E-state index contributed by atoms with van der Waals surface area (Å²) >= 11 is 0. The molecule has 1 aliphatic rings. The molecule has 0 unspecified atom stereocenters. The Morgan fingerprint density at radius 3 is 2.60 bits per heavy atom. The van der Waals surface area contributed by atoms with E-state index in [-0.39, 0.29) is 11.8 Å². The van der Waals surface area contributed by atoms with Gasteiger partial charge < -0.3 is 10.1 Å². The van der Waals surface area contributed by atoms with Gasteiger partial charge in [0.05, 0.1) is 5.69 Å². The molecule has 0 spiro atoms. The average Bonchev–Trinajstić information content (AvgIpc) is 3.47. The SMILES string of the molecule is Cc1ccc(COc2ccc([C@H]3CC(=O)Nc4c3c(C)nn4-c3ccc4nncn4n3)cc2)cc1. The number of hydrogen-bond donors (Lipinski definition) is 1. The topological polar surface area (TPSA) is 99.2 Å². The van der Waals surface area contributed by atoms with E-state index in [0.29, 0.717) is 30.3 Å². The number of carbonyl (C=O) groups excluding carboxylic acids is 1. The summed E-state index contributed by atoms with van der Waals surface area (Å²) in [6.45, 7) is 4.53. The molecule has 4 heterocycles. The maximum Gasteiger partial charge on any atom is 0.226 e. The van der Waals surface area contributed by atoms with E-state index >= 15 is 0 Å². The zero-order chi connectivity index (χ0) is 23.9. The molecule has 1 amide bonds. The number of ether oxygens (including phenoxy) is 1. The Morgan fingerprint density at radius 2 is 1.80 bits per heavy atom. The number of carbonyl (C=O) groups is 1. The van der Waals surface area contributed by atoms with Crippen LogP contribution in [0, 0.1) is 13.8 Å². The lowest BCUT2D eigenvalue weighted by Crippen LogP contribution is -2.25. The van der Waals surface area contributed by atoms with Crippen LogP contribution in [0.25, 0.3) is 11.5 Å². The molecule has 5 aromatic rings. The van der Waals surface area contributed by atoms with Crippen molar-refractivity contribution < 1.29 is 9.53 Å². The maximum absolute atomic E-state index is 12.7. The van der Waals surface area contributed by atoms with Gasteiger partial charge >= 0.3 is 0 Å². The highest BCUT2D eigenvalue weighted by Crippen LogP contribution is 2.40. The molecular formula is C26H23N7O2. The summed E-state index contributed by atoms with van der Waals surface area (Å²) in [5.74, 6) is 1.82. The molecule has 9 heteroatoms. The third-order valence-electron chi connectivity index (χ3n) is 6.28. The second-order valence-electron chi connectivity index (χ2n) is 8.73. The number of aryl methyl sites for hydroxylation is 2. The number of rotatable bonds is 5. The first kappa shape index (κ1) is 21.0. The molecule has 0 radical (unpaired) electrons. The van der Waals surface area contributed by atoms with Gasteiger partial charge in [-0.25, -0.2) is 0 Å². The van der Waals surface area contributed by atoms with Crippen LogP contribution in [0.1, 0.15) is 40.3 Å². The summed E-state index contributed by atoms with van der Waals surface area (Å²) in [7, 11) is 0. The Hall–Kier alpha value is -4.53. The monoisotopic (exact) mass is 465 g/mol. The predicted molar refractivity (Wildman–Crippen MR) is 130 cm³/mol. The van der Waals surface area contributed by atoms with Crippen molar-refractivity contribution in [3.05, 3.63) is 94.9 Å². The molecule has 1 N–H and O–H groups in total. The van der Waals surface area contributed by atoms with Gasteiger partial charge in [0.2, 0.25) is 5.91 Å². The highest BCUT2D eigenvalue weighted by Gasteiger charge is 2.33. The standard InChI is InChI=1S/C26H23N7O2/c1-16-3-5-18(6-4-16)14-35-20-9-7-19(8-10-20)21-13-24(34)28-26-25(21)17(2)30-33(26)23-12-11-22-29-27-15-32(22)31-23/h3-12,15,21H,13-14H2,1-2H3,(H,28,34)/t21-/m1/s1. The highest BCUT2D eigenvalue weighted by atomic mass is 16.5. The zero-order valence-electron chi connectivity index (χ0n) is 19.3. The summed E-state index contributed by atoms with van der Waals surface area (Å²) in [4.78, 5) is 12.7. The number of hydrogen-bond acceptors (Lipinski definition) is 6. The fourth-order valence-corrected chi connectivity index (χ4v) is 4.48. The Morgan fingerprint density at radius 1 is 1.00 bits per heavy atom. The molecule has 9 nitrogen and oxygen atoms in total. The number of anilines is 1. The molecule has 0 bridgehead atoms. The first-order valence-electron chi connectivity index (χ1n) is 11.4. The molecule has 0 saturated carbocycles. The van der Waals surface area contributed by atoms with Gasteiger partial charge in [-0.1, -0.05) is 42.0 Å². The summed E-state index contributed by atoms with van der Waals surface area (Å²) in [5, 5.41) is 20.1. The van der Waals surface area contributed by atoms with Crippen LogP contribution in [0.5, 0.6) is 5.75 Å². The van der Waals surface area contributed by atoms with Crippen LogP contribution in [0.4, 0.5) is 5.82 Å². The summed E-state index contributed by atoms with van der Waals surface area (Å²) in [6, 6.07) is 19.9. The maximum atomic E-state index is 12.7. The Kier molecular flexibility index (Phi) is 5.02. The van der Waals surface area contributed by atoms with Gasteiger partial charge in [-0.2, -0.15) is 14.3 Å². The van der Waals surface area contributed by atoms with Gasteiger partial charge in [0.1, 0.15) is 24.5 Å². The van der Waals surface area contributed by atoms with Crippen molar-refractivity contribution in [2.45, 2.75) is 32.8 Å². The third-order valence-corrected chi connectivity index (χ3v) is 6.28. The fourth-order valence-electron chi connectivity index (χ4n) is 4.48. The first-order valence-corrected chi connectivity index (χ1v) is 11.4. The van der Waals surface area contributed by atoms with Crippen molar-refractivity contribution in [2.24, 2.45) is 0 Å². The van der Waals surface area contributed by atoms with Crippen LogP contribution >= 0.6 is 0 Å². The van der Waals surface area contributed by atoms with E-state index in [2.05, 4.69) is 51.8 Å². The summed E-state index contributed by atoms with van der Waals surface area (Å²) in [5.41, 5.74) is 5.85. The number of aromatic nitrogens is 6. The Balaban J connectivity index is 1.29. The lowest BCUT2D eigenvalue weighted by atomic mass is 9.86. The highest BCUT2D eigenvalue weighted by molar-refractivity contribution is 5.95. The minimum Gasteiger partial charge on any atom is -0.489 e. The number of nitrogens with one attached hydrogen (secondary N) is 1. The van der Waals surface area contributed by atoms with Gasteiger partial charge in [0.25, 0.3) is 0 Å². The first-order chi connectivity index (χ1) is 17.0. The second-order valence-corrected chi connectivity index (χ2v) is 8.73. The molecule has 174 valence electrons. The van der Waals surface area contributed by atoms with Crippen molar-refractivity contribution in [1.29, 1.82) is 0 Å². The van der Waals surface area contributed by atoms with Crippen LogP contribution in [0.3, 0.4) is 0 Å². The normalized spacial score (nSPS) is 15.1. The van der Waals surface area contributed by atoms with E-state index in [1.165, 1.54) is 11.9 Å². The van der Waals surface area contributed by atoms with Crippen molar-refractivity contribution in [3.63, 3.8) is 0 Å². The van der Waals surface area contributed by atoms with E-state index in [4.69, 9.17) is 9.84 Å². The van der Waals surface area contributed by atoms with E-state index < -0.39 is 0 Å². The van der Waals surface area contributed by atoms with Gasteiger partial charge in [0.15, 0.2) is 11.5 Å². The predicted octanol–water partition coefficient (Wildman–Crippen LogP) is 3.98. The van der Waals surface area contributed by atoms with E-state index in [0.717, 1.165) is 28.1 Å². The van der Waals surface area contributed by atoms with Crippen molar-refractivity contribution in [2.75, 3.05) is 5.32 Å². The molecule has 3 aromatic heterocycles. The van der Waals surface area contributed by atoms with Crippen LogP contribution in [-0.2, 0) is 11.4 Å². The Labute approximate surface area is 201 Å². The lowest BCUT2D eigenvalue weighted by molar-refractivity contribution is -0.116. The minimum absolute atomic E-state index is 0.0614. The van der Waals surface area contributed by atoms with Gasteiger partial charge in [0, 0.05) is 17.9 Å². The zero-order valence-corrected chi connectivity index (χ0v) is 19.3. The smallest absolute Gasteiger partial charge is 0.226 e. The fraction of sp³-hybridized carbons (Fsp3) is 0.192. The number of fused-ring (bicyclic) bond motifs is 2. The van der Waals surface area contributed by atoms with Gasteiger partial charge in [-0.05, 0) is 49.2 Å². The third kappa shape index (κ3) is 3.90. The summed E-state index contributed by atoms with van der Waals surface area (Å²) < 4.78 is 9.22. The van der Waals surface area contributed by atoms with Crippen molar-refractivity contribution in [1.82, 2.24) is 29.6 Å². The number of nitrogens with zero attached hydrogens (tertiary/aromatic N) is 6. The molecule has 1 atom stereocenters. The van der Waals surface area contributed by atoms with Gasteiger partial charge in [-0.15, -0.1) is 15.3 Å². The molecule has 1 aliphatic heterocycles. The number of benzene rings is 2. The van der Waals surface area contributed by atoms with Crippen LogP contribution in [0.2, 0.25) is 0 Å². The molecule has 6 rings (SSSR count). The quantitative estimate of drug-likeness (QED) is 0.422. The minimum atomic E-state index is -0.114. The van der Waals surface area contributed by atoms with Gasteiger partial charge in [-0.3, -0.25) is 4.79 Å². The number of amides is 1. The van der Waals surface area contributed by atoms with E-state index in [1.807, 2.05) is 43.3 Å². The molecular weight excluding hydrogens is 442 g/mol. The second kappa shape index (κ2) is 8.35. The molecule has 0 saturated heterocycles. The van der Waals surface area contributed by atoms with E-state index in [9.17, 15) is 4.79 Å². The molecule has 35 heavy (non-hydrogen) atoms. The lowest BCUT2D eigenvalue weighted by Gasteiger charge is -2.24. The largest absolute Gasteiger partial charge is 0.489 e. The molecule has 0 fully saturated rings.